The minimum absolute atomic E-state index is 0.170. The van der Waals surface area contributed by atoms with Crippen LogP contribution in [0.3, 0.4) is 0 Å². The molecular formula is C7HF12IO. The van der Waals surface area contributed by atoms with E-state index in [0.717, 1.165) is 0 Å². The molecule has 14 heteroatoms. The lowest BCUT2D eigenvalue weighted by atomic mass is 9.95. The van der Waals surface area contributed by atoms with Gasteiger partial charge in [-0.05, 0) is 0 Å². The van der Waals surface area contributed by atoms with Gasteiger partial charge in [0.05, 0.1) is 0 Å². The van der Waals surface area contributed by atoms with Crippen molar-refractivity contribution in [1.82, 2.24) is 0 Å². The standard InChI is InChI=1S/C7HF12IO/c8-1(9)3(10,11)5(14,15)7(18,19)6(16,17)4(12,13)2(20)21/h1H. The molecule has 0 unspecified atom stereocenters. The summed E-state index contributed by atoms with van der Waals surface area (Å²) in [6.45, 7) is 0. The summed E-state index contributed by atoms with van der Waals surface area (Å²) >= 11 is -0.170. The zero-order valence-corrected chi connectivity index (χ0v) is 11.1. The van der Waals surface area contributed by atoms with Crippen LogP contribution in [0.5, 0.6) is 0 Å². The second kappa shape index (κ2) is 5.33. The highest BCUT2D eigenvalue weighted by molar-refractivity contribution is 14.1. The van der Waals surface area contributed by atoms with E-state index < -0.39 is 39.8 Å². The van der Waals surface area contributed by atoms with Crippen LogP contribution in [0.15, 0.2) is 0 Å². The van der Waals surface area contributed by atoms with Gasteiger partial charge < -0.3 is 0 Å². The molecule has 0 aliphatic carbocycles. The van der Waals surface area contributed by atoms with E-state index in [1.807, 2.05) is 0 Å². The monoisotopic (exact) mass is 456 g/mol. The average Bonchev–Trinajstić information content (AvgIpc) is 2.27. The van der Waals surface area contributed by atoms with Gasteiger partial charge >= 0.3 is 36.0 Å². The van der Waals surface area contributed by atoms with E-state index in [-0.39, 0.29) is 22.6 Å². The number of alkyl halides is 12. The van der Waals surface area contributed by atoms with E-state index in [2.05, 4.69) is 0 Å². The zero-order valence-electron chi connectivity index (χ0n) is 8.90. The van der Waals surface area contributed by atoms with Gasteiger partial charge in [-0.1, -0.05) is 0 Å². The topological polar surface area (TPSA) is 17.1 Å². The van der Waals surface area contributed by atoms with Crippen LogP contribution in [0.2, 0.25) is 0 Å². The lowest BCUT2D eigenvalue weighted by Gasteiger charge is -2.38. The maximum atomic E-state index is 12.7. The summed E-state index contributed by atoms with van der Waals surface area (Å²) in [4.78, 5) is 10.1. The first-order chi connectivity index (χ1) is 8.89. The van der Waals surface area contributed by atoms with Gasteiger partial charge in [0.25, 0.3) is 3.79 Å². The number of carbonyl (C=O) groups excluding carboxylic acids is 1. The predicted octanol–water partition coefficient (Wildman–Crippen LogP) is 4.39. The highest BCUT2D eigenvalue weighted by atomic mass is 127. The summed E-state index contributed by atoms with van der Waals surface area (Å²) in [5.41, 5.74) is 0. The van der Waals surface area contributed by atoms with Crippen molar-refractivity contribution in [1.29, 1.82) is 0 Å². The Kier molecular flexibility index (Phi) is 5.22. The summed E-state index contributed by atoms with van der Waals surface area (Å²) in [7, 11) is 0. The second-order valence-electron chi connectivity index (χ2n) is 3.49. The molecule has 0 aromatic heterocycles. The summed E-state index contributed by atoms with van der Waals surface area (Å²) in [6, 6.07) is 0. The lowest BCUT2D eigenvalue weighted by Crippen LogP contribution is -2.69. The van der Waals surface area contributed by atoms with Crippen LogP contribution in [0.4, 0.5) is 52.7 Å². The predicted molar refractivity (Wildman–Crippen MR) is 49.8 cm³/mol. The maximum Gasteiger partial charge on any atom is 0.386 e. The van der Waals surface area contributed by atoms with E-state index >= 15 is 0 Å². The summed E-state index contributed by atoms with van der Waals surface area (Å²) in [5.74, 6) is -36.1. The number of rotatable bonds is 6. The molecule has 0 aliphatic heterocycles. The zero-order chi connectivity index (χ0) is 17.7. The molecule has 0 rings (SSSR count). The average molecular weight is 456 g/mol. The molecule has 0 saturated heterocycles. The quantitative estimate of drug-likeness (QED) is 0.330. The molecule has 0 aromatic rings. The highest BCUT2D eigenvalue weighted by Gasteiger charge is 2.88. The Labute approximate surface area is 120 Å². The maximum absolute atomic E-state index is 12.7. The number of hydrogen-bond donors (Lipinski definition) is 0. The van der Waals surface area contributed by atoms with Crippen LogP contribution in [-0.2, 0) is 4.79 Å². The molecule has 126 valence electrons. The third-order valence-corrected chi connectivity index (χ3v) is 2.80. The molecule has 0 fully saturated rings. The van der Waals surface area contributed by atoms with Crippen molar-refractivity contribution in [3.63, 3.8) is 0 Å². The minimum Gasteiger partial charge on any atom is -0.281 e. The van der Waals surface area contributed by atoms with Crippen LogP contribution >= 0.6 is 22.6 Å². The molecular weight excluding hydrogens is 455 g/mol. The van der Waals surface area contributed by atoms with Crippen molar-refractivity contribution < 1.29 is 57.5 Å². The fraction of sp³-hybridized carbons (Fsp3) is 0.857. The van der Waals surface area contributed by atoms with E-state index in [4.69, 9.17) is 0 Å². The molecule has 0 spiro atoms. The summed E-state index contributed by atoms with van der Waals surface area (Å²) < 4.78 is 146. The molecule has 21 heavy (non-hydrogen) atoms. The van der Waals surface area contributed by atoms with Gasteiger partial charge in [0.15, 0.2) is 0 Å². The molecule has 0 radical (unpaired) electrons. The van der Waals surface area contributed by atoms with Crippen LogP contribution < -0.4 is 0 Å². The van der Waals surface area contributed by atoms with Crippen LogP contribution in [0, 0.1) is 0 Å². The Bertz CT molecular complexity index is 416. The highest BCUT2D eigenvalue weighted by Crippen LogP contribution is 2.58. The Morgan fingerprint density at radius 3 is 1.29 bits per heavy atom. The van der Waals surface area contributed by atoms with Gasteiger partial charge in [0.1, 0.15) is 0 Å². The van der Waals surface area contributed by atoms with Crippen LogP contribution in [0.1, 0.15) is 0 Å². The van der Waals surface area contributed by atoms with Crippen molar-refractivity contribution in [3.8, 4) is 0 Å². The second-order valence-corrected chi connectivity index (χ2v) is 4.47. The fourth-order valence-corrected chi connectivity index (χ4v) is 1.20. The first kappa shape index (κ1) is 20.6. The lowest BCUT2D eigenvalue weighted by molar-refractivity contribution is -0.406. The van der Waals surface area contributed by atoms with Crippen molar-refractivity contribution in [2.75, 3.05) is 0 Å². The van der Waals surface area contributed by atoms with Gasteiger partial charge in [0, 0.05) is 22.6 Å². The first-order valence-corrected chi connectivity index (χ1v) is 5.34. The van der Waals surface area contributed by atoms with Gasteiger partial charge in [-0.2, -0.15) is 43.9 Å². The van der Waals surface area contributed by atoms with E-state index in [0.29, 0.717) is 0 Å². The third-order valence-electron chi connectivity index (χ3n) is 2.12. The molecule has 0 amide bonds. The van der Waals surface area contributed by atoms with Crippen molar-refractivity contribution in [3.05, 3.63) is 0 Å². The van der Waals surface area contributed by atoms with Gasteiger partial charge in [0.2, 0.25) is 0 Å². The third kappa shape index (κ3) is 2.67. The van der Waals surface area contributed by atoms with E-state index in [1.54, 1.807) is 0 Å². The van der Waals surface area contributed by atoms with Gasteiger partial charge in [-0.15, -0.1) is 0 Å². The number of carbonyl (C=O) groups is 1. The van der Waals surface area contributed by atoms with Crippen LogP contribution in [-0.4, -0.2) is 39.8 Å². The van der Waals surface area contributed by atoms with Crippen molar-refractivity contribution >= 4 is 26.4 Å². The van der Waals surface area contributed by atoms with Gasteiger partial charge in [-0.25, -0.2) is 8.78 Å². The molecule has 1 nitrogen and oxygen atoms in total. The largest absolute Gasteiger partial charge is 0.386 e. The molecule has 0 atom stereocenters. The summed E-state index contributed by atoms with van der Waals surface area (Å²) in [6.07, 6.45) is -5.56. The summed E-state index contributed by atoms with van der Waals surface area (Å²) in [5, 5.41) is 0. The molecule has 0 saturated carbocycles. The number of hydrogen-bond acceptors (Lipinski definition) is 1. The van der Waals surface area contributed by atoms with Crippen molar-refractivity contribution in [2.24, 2.45) is 0 Å². The van der Waals surface area contributed by atoms with Gasteiger partial charge in [-0.3, -0.25) is 4.79 Å². The molecule has 0 heterocycles. The SMILES string of the molecule is O=C(I)C(F)(F)C(F)(F)C(F)(F)C(F)(F)C(F)(F)C(F)F. The Balaban J connectivity index is 6.15. The Morgan fingerprint density at radius 2 is 1.05 bits per heavy atom. The molecule has 0 aromatic carbocycles. The van der Waals surface area contributed by atoms with Crippen molar-refractivity contribution in [2.45, 2.75) is 36.0 Å². The van der Waals surface area contributed by atoms with Crippen LogP contribution in [0.25, 0.3) is 0 Å². The molecule has 0 bridgehead atoms. The normalized spacial score (nSPS) is 15.5. The molecule has 0 N–H and O–H groups in total. The Hall–Kier alpha value is -0.440. The van der Waals surface area contributed by atoms with E-state index in [9.17, 15) is 57.5 Å². The van der Waals surface area contributed by atoms with E-state index in [1.165, 1.54) is 0 Å². The number of halogens is 13. The minimum atomic E-state index is -7.65. The smallest absolute Gasteiger partial charge is 0.281 e. The Morgan fingerprint density at radius 1 is 0.714 bits per heavy atom. The molecule has 0 aliphatic rings. The fourth-order valence-electron chi connectivity index (χ4n) is 0.864. The first-order valence-electron chi connectivity index (χ1n) is 4.26.